The van der Waals surface area contributed by atoms with Gasteiger partial charge in [-0.15, -0.1) is 0 Å². The SMILES string of the molecule is C/C=C/C1CCC2CC(c3ccc(C(=O)Oc4ccc(C)c(F)c4F)c(F)c3F)CCC2C1. The average molecular weight is 461 g/mol. The molecule has 2 nitrogen and oxygen atoms in total. The lowest BCUT2D eigenvalue weighted by molar-refractivity contribution is 0.0720. The highest BCUT2D eigenvalue weighted by Gasteiger charge is 2.37. The third-order valence-electron chi connectivity index (χ3n) is 7.33. The number of fused-ring (bicyclic) bond motifs is 1. The second-order valence-electron chi connectivity index (χ2n) is 9.36. The van der Waals surface area contributed by atoms with Crippen molar-refractivity contribution in [1.82, 2.24) is 0 Å². The van der Waals surface area contributed by atoms with E-state index in [1.807, 2.05) is 6.92 Å². The minimum atomic E-state index is -1.35. The number of hydrogen-bond donors (Lipinski definition) is 0. The molecule has 6 heteroatoms. The zero-order chi connectivity index (χ0) is 23.7. The number of hydrogen-bond acceptors (Lipinski definition) is 2. The number of esters is 1. The predicted octanol–water partition coefficient (Wildman–Crippen LogP) is 7.65. The van der Waals surface area contributed by atoms with Crippen molar-refractivity contribution in [3.8, 4) is 5.75 Å². The molecule has 2 saturated carbocycles. The van der Waals surface area contributed by atoms with Crippen LogP contribution in [0, 0.1) is 47.9 Å². The van der Waals surface area contributed by atoms with E-state index in [9.17, 15) is 18.0 Å². The largest absolute Gasteiger partial charge is 0.420 e. The van der Waals surface area contributed by atoms with Gasteiger partial charge in [0.2, 0.25) is 5.82 Å². The molecule has 0 heterocycles. The Bertz CT molecular complexity index is 1080. The molecule has 0 bridgehead atoms. The summed E-state index contributed by atoms with van der Waals surface area (Å²) in [6, 6.07) is 4.92. The zero-order valence-electron chi connectivity index (χ0n) is 18.8. The molecule has 0 aromatic heterocycles. The minimum absolute atomic E-state index is 0.0407. The van der Waals surface area contributed by atoms with E-state index in [0.29, 0.717) is 17.8 Å². The van der Waals surface area contributed by atoms with Crippen LogP contribution in [0.5, 0.6) is 5.75 Å². The number of rotatable bonds is 4. The maximum Gasteiger partial charge on any atom is 0.346 e. The lowest BCUT2D eigenvalue weighted by Gasteiger charge is -2.42. The molecule has 0 radical (unpaired) electrons. The van der Waals surface area contributed by atoms with Crippen molar-refractivity contribution in [2.45, 2.75) is 58.3 Å². The molecule has 0 N–H and O–H groups in total. The molecule has 4 unspecified atom stereocenters. The van der Waals surface area contributed by atoms with Crippen molar-refractivity contribution in [2.24, 2.45) is 17.8 Å². The van der Waals surface area contributed by atoms with E-state index in [0.717, 1.165) is 44.6 Å². The molecule has 0 saturated heterocycles. The van der Waals surface area contributed by atoms with Crippen LogP contribution in [-0.4, -0.2) is 5.97 Å². The van der Waals surface area contributed by atoms with Crippen molar-refractivity contribution in [3.05, 3.63) is 76.4 Å². The second-order valence-corrected chi connectivity index (χ2v) is 9.36. The van der Waals surface area contributed by atoms with Crippen LogP contribution in [0.25, 0.3) is 0 Å². The maximum atomic E-state index is 15.0. The number of aryl methyl sites for hydroxylation is 1. The molecule has 33 heavy (non-hydrogen) atoms. The van der Waals surface area contributed by atoms with E-state index >= 15 is 4.39 Å². The average Bonchev–Trinajstić information content (AvgIpc) is 2.81. The fraction of sp³-hybridized carbons (Fsp3) is 0.444. The highest BCUT2D eigenvalue weighted by molar-refractivity contribution is 5.91. The normalized spacial score (nSPS) is 25.2. The first-order valence-electron chi connectivity index (χ1n) is 11.6. The molecule has 0 spiro atoms. The Balaban J connectivity index is 1.49. The molecule has 4 atom stereocenters. The fourth-order valence-electron chi connectivity index (χ4n) is 5.55. The summed E-state index contributed by atoms with van der Waals surface area (Å²) in [4.78, 5) is 12.4. The first-order chi connectivity index (χ1) is 15.8. The van der Waals surface area contributed by atoms with Crippen molar-refractivity contribution in [3.63, 3.8) is 0 Å². The summed E-state index contributed by atoms with van der Waals surface area (Å²) >= 11 is 0. The predicted molar refractivity (Wildman–Crippen MR) is 118 cm³/mol. The van der Waals surface area contributed by atoms with E-state index < -0.39 is 40.6 Å². The van der Waals surface area contributed by atoms with Gasteiger partial charge in [-0.1, -0.05) is 24.3 Å². The first-order valence-corrected chi connectivity index (χ1v) is 11.6. The summed E-state index contributed by atoms with van der Waals surface area (Å²) in [6.07, 6.45) is 10.3. The Hall–Kier alpha value is -2.63. The van der Waals surface area contributed by atoms with Crippen LogP contribution in [0.2, 0.25) is 0 Å². The van der Waals surface area contributed by atoms with Crippen molar-refractivity contribution < 1.29 is 27.1 Å². The molecular formula is C27H28F4O2. The van der Waals surface area contributed by atoms with Gasteiger partial charge in [0.15, 0.2) is 23.2 Å². The van der Waals surface area contributed by atoms with Crippen LogP contribution in [0.1, 0.15) is 72.9 Å². The molecule has 0 aliphatic heterocycles. The van der Waals surface area contributed by atoms with Crippen molar-refractivity contribution in [2.75, 3.05) is 0 Å². The molecule has 2 aromatic carbocycles. The van der Waals surface area contributed by atoms with Gasteiger partial charge in [-0.05, 0) is 99.3 Å². The van der Waals surface area contributed by atoms with E-state index in [2.05, 4.69) is 12.2 Å². The molecule has 2 aliphatic rings. The van der Waals surface area contributed by atoms with Gasteiger partial charge in [0.25, 0.3) is 0 Å². The van der Waals surface area contributed by atoms with Crippen LogP contribution < -0.4 is 4.74 Å². The lowest BCUT2D eigenvalue weighted by Crippen LogP contribution is -2.30. The smallest absolute Gasteiger partial charge is 0.346 e. The van der Waals surface area contributed by atoms with E-state index in [1.54, 1.807) is 0 Å². The molecule has 2 fully saturated rings. The molecule has 4 rings (SSSR count). The van der Waals surface area contributed by atoms with E-state index in [-0.39, 0.29) is 17.0 Å². The molecule has 2 aromatic rings. The van der Waals surface area contributed by atoms with Crippen LogP contribution >= 0.6 is 0 Å². The monoisotopic (exact) mass is 460 g/mol. The van der Waals surface area contributed by atoms with Gasteiger partial charge < -0.3 is 4.74 Å². The first kappa shape index (κ1) is 23.5. The van der Waals surface area contributed by atoms with Crippen molar-refractivity contribution in [1.29, 1.82) is 0 Å². The number of ether oxygens (including phenoxy) is 1. The standard InChI is InChI=1S/C27H28F4O2/c1-3-4-16-6-7-18-14-19(9-8-17(18)13-16)20-10-11-21(25(30)24(20)29)27(32)33-22-12-5-15(2)23(28)26(22)31/h3-5,10-12,16-19H,6-9,13-14H2,1-2H3/b4-3+. The minimum Gasteiger partial charge on any atom is -0.420 e. The van der Waals surface area contributed by atoms with Gasteiger partial charge in [0, 0.05) is 0 Å². The topological polar surface area (TPSA) is 26.3 Å². The Labute approximate surface area is 191 Å². The van der Waals surface area contributed by atoms with Crippen LogP contribution in [0.15, 0.2) is 36.4 Å². The summed E-state index contributed by atoms with van der Waals surface area (Å²) in [5.41, 5.74) is -0.332. The Morgan fingerprint density at radius 3 is 2.36 bits per heavy atom. The molecule has 2 aliphatic carbocycles. The van der Waals surface area contributed by atoms with Crippen molar-refractivity contribution >= 4 is 5.97 Å². The summed E-state index contributed by atoms with van der Waals surface area (Å²) < 4.78 is 62.4. The van der Waals surface area contributed by atoms with E-state index in [4.69, 9.17) is 4.74 Å². The van der Waals surface area contributed by atoms with Crippen LogP contribution in [0.3, 0.4) is 0 Å². The van der Waals surface area contributed by atoms with Gasteiger partial charge >= 0.3 is 5.97 Å². The number of allylic oxidation sites excluding steroid dienone is 2. The van der Waals surface area contributed by atoms with E-state index in [1.165, 1.54) is 25.1 Å². The third-order valence-corrected chi connectivity index (χ3v) is 7.33. The Kier molecular flexibility index (Phi) is 6.91. The van der Waals surface area contributed by atoms with Gasteiger partial charge in [-0.2, -0.15) is 4.39 Å². The van der Waals surface area contributed by atoms with Gasteiger partial charge in [0.1, 0.15) is 0 Å². The highest BCUT2D eigenvalue weighted by Crippen LogP contribution is 2.48. The molecule has 0 amide bonds. The van der Waals surface area contributed by atoms with Gasteiger partial charge in [-0.3, -0.25) is 0 Å². The number of benzene rings is 2. The lowest BCUT2D eigenvalue weighted by atomic mass is 9.64. The number of carbonyl (C=O) groups is 1. The maximum absolute atomic E-state index is 15.0. The molecule has 176 valence electrons. The Morgan fingerprint density at radius 2 is 1.61 bits per heavy atom. The van der Waals surface area contributed by atoms with Crippen LogP contribution in [-0.2, 0) is 0 Å². The summed E-state index contributed by atoms with van der Waals surface area (Å²) in [5.74, 6) is -5.20. The summed E-state index contributed by atoms with van der Waals surface area (Å²) in [7, 11) is 0. The quantitative estimate of drug-likeness (QED) is 0.203. The molecular weight excluding hydrogens is 432 g/mol. The zero-order valence-corrected chi connectivity index (χ0v) is 18.8. The summed E-state index contributed by atoms with van der Waals surface area (Å²) in [5, 5.41) is 0. The highest BCUT2D eigenvalue weighted by atomic mass is 19.2. The number of halogens is 4. The number of carbonyl (C=O) groups excluding carboxylic acids is 1. The fourth-order valence-corrected chi connectivity index (χ4v) is 5.55. The van der Waals surface area contributed by atoms with Crippen LogP contribution in [0.4, 0.5) is 17.6 Å². The second kappa shape index (κ2) is 9.70. The summed E-state index contributed by atoms with van der Waals surface area (Å²) in [6.45, 7) is 3.40. The Morgan fingerprint density at radius 1 is 0.879 bits per heavy atom. The van der Waals surface area contributed by atoms with Gasteiger partial charge in [-0.25, -0.2) is 18.0 Å². The van der Waals surface area contributed by atoms with Gasteiger partial charge in [0.05, 0.1) is 5.56 Å². The third kappa shape index (κ3) is 4.71.